The van der Waals surface area contributed by atoms with Gasteiger partial charge in [0.2, 0.25) is 0 Å². The van der Waals surface area contributed by atoms with Crippen molar-refractivity contribution in [3.8, 4) is 11.3 Å². The van der Waals surface area contributed by atoms with Crippen molar-refractivity contribution in [2.75, 3.05) is 6.61 Å². The Morgan fingerprint density at radius 1 is 1.21 bits per heavy atom. The number of benzene rings is 2. The smallest absolute Gasteiger partial charge is 0.338 e. The van der Waals surface area contributed by atoms with Crippen LogP contribution in [0, 0.1) is 10.1 Å². The van der Waals surface area contributed by atoms with Gasteiger partial charge in [0.05, 0.1) is 38.9 Å². The number of esters is 1. The Balaban J connectivity index is 1.64. The Morgan fingerprint density at radius 3 is 2.66 bits per heavy atom. The number of carbonyl (C=O) groups is 1. The van der Waals surface area contributed by atoms with Crippen LogP contribution in [0.5, 0.6) is 0 Å². The van der Waals surface area contributed by atoms with Crippen molar-refractivity contribution in [2.24, 2.45) is 4.99 Å². The fourth-order valence-electron chi connectivity index (χ4n) is 4.30. The second-order valence-electron chi connectivity index (χ2n) is 8.33. The van der Waals surface area contributed by atoms with Gasteiger partial charge < -0.3 is 9.15 Å². The summed E-state index contributed by atoms with van der Waals surface area (Å²) in [6, 6.07) is 15.6. The average molecular weight is 550 g/mol. The minimum atomic E-state index is -0.760. The van der Waals surface area contributed by atoms with Crippen LogP contribution in [0.2, 0.25) is 5.02 Å². The SMILES string of the molecule is CCOC(=O)C1=C(C)N=c2sc(=Cc3ccc(-c4ccccc4[N+](=O)[O-])o3)c(=O)n2C1c1ccc(Cl)cc1. The van der Waals surface area contributed by atoms with Gasteiger partial charge in [-0.1, -0.05) is 47.2 Å². The summed E-state index contributed by atoms with van der Waals surface area (Å²) in [7, 11) is 0. The number of carbonyl (C=O) groups excluding carboxylic acids is 1. The Kier molecular flexibility index (Phi) is 6.83. The van der Waals surface area contributed by atoms with Gasteiger partial charge in [-0.25, -0.2) is 9.79 Å². The van der Waals surface area contributed by atoms with Gasteiger partial charge in [0.15, 0.2) is 4.80 Å². The maximum atomic E-state index is 13.7. The molecule has 192 valence electrons. The maximum Gasteiger partial charge on any atom is 0.338 e. The molecular weight excluding hydrogens is 530 g/mol. The van der Waals surface area contributed by atoms with Crippen molar-refractivity contribution in [3.05, 3.63) is 118 Å². The number of ether oxygens (including phenoxy) is 1. The maximum absolute atomic E-state index is 13.7. The number of nitro benzene ring substituents is 1. The molecule has 0 N–H and O–H groups in total. The van der Waals surface area contributed by atoms with Gasteiger partial charge in [-0.05, 0) is 49.7 Å². The molecule has 0 bridgehead atoms. The van der Waals surface area contributed by atoms with E-state index in [2.05, 4.69) is 4.99 Å². The van der Waals surface area contributed by atoms with Crippen LogP contribution in [0.1, 0.15) is 31.2 Å². The summed E-state index contributed by atoms with van der Waals surface area (Å²) in [5.74, 6) is 0.0895. The summed E-state index contributed by atoms with van der Waals surface area (Å²) >= 11 is 7.24. The number of furan rings is 1. The second kappa shape index (κ2) is 10.2. The lowest BCUT2D eigenvalue weighted by atomic mass is 9.96. The number of nitrogens with zero attached hydrogens (tertiary/aromatic N) is 3. The third-order valence-electron chi connectivity index (χ3n) is 5.97. The Bertz CT molecular complexity index is 1780. The molecule has 1 unspecified atom stereocenters. The first-order valence-corrected chi connectivity index (χ1v) is 12.8. The molecule has 2 aromatic heterocycles. The van der Waals surface area contributed by atoms with Gasteiger partial charge in [-0.2, -0.15) is 0 Å². The summed E-state index contributed by atoms with van der Waals surface area (Å²) in [6.45, 7) is 3.59. The molecule has 0 radical (unpaired) electrons. The van der Waals surface area contributed by atoms with Crippen molar-refractivity contribution in [1.82, 2.24) is 4.57 Å². The van der Waals surface area contributed by atoms with Crippen LogP contribution in [0.25, 0.3) is 17.4 Å². The largest absolute Gasteiger partial charge is 0.463 e. The predicted molar refractivity (Wildman–Crippen MR) is 143 cm³/mol. The summed E-state index contributed by atoms with van der Waals surface area (Å²) in [4.78, 5) is 42.5. The summed E-state index contributed by atoms with van der Waals surface area (Å²) in [5.41, 5.74) is 1.27. The first kappa shape index (κ1) is 25.4. The number of rotatable bonds is 6. The van der Waals surface area contributed by atoms with Crippen LogP contribution in [-0.2, 0) is 9.53 Å². The van der Waals surface area contributed by atoms with E-state index in [1.165, 1.54) is 10.6 Å². The van der Waals surface area contributed by atoms with Gasteiger partial charge in [-0.15, -0.1) is 0 Å². The molecule has 0 amide bonds. The van der Waals surface area contributed by atoms with Gasteiger partial charge in [-0.3, -0.25) is 19.5 Å². The zero-order valence-corrected chi connectivity index (χ0v) is 21.8. The van der Waals surface area contributed by atoms with Gasteiger partial charge in [0.1, 0.15) is 11.5 Å². The first-order chi connectivity index (χ1) is 18.3. The van der Waals surface area contributed by atoms with Gasteiger partial charge >= 0.3 is 5.97 Å². The van der Waals surface area contributed by atoms with Crippen molar-refractivity contribution in [1.29, 1.82) is 0 Å². The highest BCUT2D eigenvalue weighted by molar-refractivity contribution is 7.07. The Hall–Kier alpha value is -4.28. The molecule has 11 heteroatoms. The highest BCUT2D eigenvalue weighted by Gasteiger charge is 2.33. The lowest BCUT2D eigenvalue weighted by Gasteiger charge is -2.24. The monoisotopic (exact) mass is 549 g/mol. The third kappa shape index (κ3) is 4.59. The van der Waals surface area contributed by atoms with E-state index in [1.807, 2.05) is 0 Å². The highest BCUT2D eigenvalue weighted by Crippen LogP contribution is 2.32. The third-order valence-corrected chi connectivity index (χ3v) is 7.20. The molecule has 1 atom stereocenters. The van der Waals surface area contributed by atoms with E-state index in [0.29, 0.717) is 42.7 Å². The molecule has 0 saturated heterocycles. The Morgan fingerprint density at radius 2 is 1.95 bits per heavy atom. The van der Waals surface area contributed by atoms with E-state index in [1.54, 1.807) is 74.5 Å². The fraction of sp³-hybridized carbons (Fsp3) is 0.148. The Labute approximate surface area is 224 Å². The standard InChI is InChI=1S/C27H20ClN3O6S/c1-3-36-26(33)23-15(2)29-27-30(24(23)16-8-10-17(28)11-9-16)25(32)22(38-27)14-18-12-13-21(37-18)19-6-4-5-7-20(19)31(34)35/h4-14,24H,3H2,1-2H3. The van der Waals surface area contributed by atoms with E-state index in [0.717, 1.165) is 11.3 Å². The number of hydrogen-bond acceptors (Lipinski definition) is 8. The lowest BCUT2D eigenvalue weighted by molar-refractivity contribution is -0.384. The van der Waals surface area contributed by atoms with E-state index in [4.69, 9.17) is 20.8 Å². The minimum absolute atomic E-state index is 0.0855. The van der Waals surface area contributed by atoms with Crippen LogP contribution < -0.4 is 14.9 Å². The minimum Gasteiger partial charge on any atom is -0.463 e. The van der Waals surface area contributed by atoms with Crippen molar-refractivity contribution < 1.29 is 18.9 Å². The lowest BCUT2D eigenvalue weighted by Crippen LogP contribution is -2.39. The number of fused-ring (bicyclic) bond motifs is 1. The molecule has 4 aromatic rings. The molecule has 0 spiro atoms. The number of thiazole rings is 1. The van der Waals surface area contributed by atoms with Crippen LogP contribution in [0.15, 0.2) is 86.1 Å². The molecular formula is C27H20ClN3O6S. The second-order valence-corrected chi connectivity index (χ2v) is 9.78. The van der Waals surface area contributed by atoms with Crippen LogP contribution in [0.3, 0.4) is 0 Å². The van der Waals surface area contributed by atoms with Gasteiger partial charge in [0, 0.05) is 17.2 Å². The molecule has 38 heavy (non-hydrogen) atoms. The fourth-order valence-corrected chi connectivity index (χ4v) is 5.45. The predicted octanol–water partition coefficient (Wildman–Crippen LogP) is 4.62. The van der Waals surface area contributed by atoms with Crippen molar-refractivity contribution in [3.63, 3.8) is 0 Å². The summed E-state index contributed by atoms with van der Waals surface area (Å²) < 4.78 is 12.9. The molecule has 9 nitrogen and oxygen atoms in total. The molecule has 5 rings (SSSR count). The van der Waals surface area contributed by atoms with Crippen molar-refractivity contribution >= 4 is 40.7 Å². The normalized spacial score (nSPS) is 15.2. The molecule has 1 aliphatic rings. The summed E-state index contributed by atoms with van der Waals surface area (Å²) in [6.07, 6.45) is 1.56. The first-order valence-electron chi connectivity index (χ1n) is 11.6. The van der Waals surface area contributed by atoms with Crippen LogP contribution >= 0.6 is 22.9 Å². The number of aromatic nitrogens is 1. The van der Waals surface area contributed by atoms with E-state index in [-0.39, 0.29) is 23.4 Å². The van der Waals surface area contributed by atoms with E-state index in [9.17, 15) is 19.7 Å². The number of hydrogen-bond donors (Lipinski definition) is 0. The quantitative estimate of drug-likeness (QED) is 0.197. The molecule has 0 saturated carbocycles. The number of allylic oxidation sites excluding steroid dienone is 1. The molecule has 3 heterocycles. The van der Waals surface area contributed by atoms with Crippen LogP contribution in [-0.4, -0.2) is 22.1 Å². The number of nitro groups is 1. The topological polar surface area (TPSA) is 117 Å². The van der Waals surface area contributed by atoms with E-state index >= 15 is 0 Å². The summed E-state index contributed by atoms with van der Waals surface area (Å²) in [5, 5.41) is 11.9. The van der Waals surface area contributed by atoms with Gasteiger partial charge in [0.25, 0.3) is 11.2 Å². The highest BCUT2D eigenvalue weighted by atomic mass is 35.5. The molecule has 0 aliphatic carbocycles. The molecule has 0 fully saturated rings. The number of para-hydroxylation sites is 1. The average Bonchev–Trinajstić information content (AvgIpc) is 3.48. The zero-order chi connectivity index (χ0) is 27.0. The van der Waals surface area contributed by atoms with Crippen molar-refractivity contribution in [2.45, 2.75) is 19.9 Å². The molecule has 2 aromatic carbocycles. The van der Waals surface area contributed by atoms with Crippen LogP contribution in [0.4, 0.5) is 5.69 Å². The number of halogens is 1. The zero-order valence-electron chi connectivity index (χ0n) is 20.2. The van der Waals surface area contributed by atoms with E-state index < -0.39 is 16.9 Å². The molecule has 1 aliphatic heterocycles.